The lowest BCUT2D eigenvalue weighted by Crippen LogP contribution is -2.59. The molecule has 38 heavy (non-hydrogen) atoms. The lowest BCUT2D eigenvalue weighted by atomic mass is 9.89. The largest absolute Gasteiger partial charge is 0.497 e. The van der Waals surface area contributed by atoms with E-state index in [2.05, 4.69) is 30.2 Å². The molecule has 0 aliphatic rings. The van der Waals surface area contributed by atoms with E-state index in [9.17, 15) is 14.4 Å². The number of H-pyrrole nitrogens is 1. The van der Waals surface area contributed by atoms with Crippen molar-refractivity contribution in [1.29, 1.82) is 0 Å². The molecule has 1 heterocycles. The number of ketones is 1. The van der Waals surface area contributed by atoms with Gasteiger partial charge < -0.3 is 14.6 Å². The van der Waals surface area contributed by atoms with E-state index in [1.165, 1.54) is 40.7 Å². The minimum Gasteiger partial charge on any atom is -0.497 e. The Morgan fingerprint density at radius 2 is 1.42 bits per heavy atom. The van der Waals surface area contributed by atoms with Crippen molar-refractivity contribution in [1.82, 2.24) is 9.88 Å². The first kappa shape index (κ1) is 26.8. The van der Waals surface area contributed by atoms with Gasteiger partial charge in [0.25, 0.3) is 5.91 Å². The first-order valence-electron chi connectivity index (χ1n) is 12.2. The van der Waals surface area contributed by atoms with Crippen molar-refractivity contribution in [2.24, 2.45) is 5.73 Å². The number of nitrogens with zero attached hydrogens (tertiary/aromatic N) is 1. The quantitative estimate of drug-likeness (QED) is 0.209. The molecule has 1 aromatic heterocycles. The molecule has 1 amide bonds. The number of hydrogen-bond acceptors (Lipinski definition) is 5. The van der Waals surface area contributed by atoms with Crippen LogP contribution in [0.25, 0.3) is 0 Å². The van der Waals surface area contributed by atoms with Crippen LogP contribution in [0.15, 0.2) is 102 Å². The number of carbonyl (C=O) groups is 2. The summed E-state index contributed by atoms with van der Waals surface area (Å²) in [5.41, 5.74) is 5.71. The number of nitrogens with one attached hydrogen (secondary N) is 1. The number of Topliss-reactive ketones (excluding diaryl/α,β-unsaturated/α-hetero) is 1. The molecule has 3 N–H and O–H groups in total. The number of likely N-dealkylation sites (N-methyl/N-ethyl adjacent to an activating group) is 1. The normalized spacial score (nSPS) is 12.9. The standard InChI is InChI=1S/C30H31N3O4Si/c1-33(29(36)22-12-19-27(34)32-20-22)30(31,23-13-15-24(37-2)16-14-23)28(35)21-10-17-26(18-11-21)38(3,4)25-8-6-5-7-9-25/h5-20H,31H2,1-4H3,(H,32,34). The maximum absolute atomic E-state index is 14.1. The van der Waals surface area contributed by atoms with E-state index in [0.29, 0.717) is 16.9 Å². The maximum atomic E-state index is 14.1. The van der Waals surface area contributed by atoms with E-state index < -0.39 is 25.4 Å². The van der Waals surface area contributed by atoms with Crippen LogP contribution in [-0.2, 0) is 5.66 Å². The zero-order chi connectivity index (χ0) is 27.5. The van der Waals surface area contributed by atoms with Gasteiger partial charge in [-0.3, -0.25) is 20.1 Å². The Hall–Kier alpha value is -4.27. The molecule has 4 rings (SSSR count). The summed E-state index contributed by atoms with van der Waals surface area (Å²) >= 11 is 0. The molecule has 7 nitrogen and oxygen atoms in total. The van der Waals surface area contributed by atoms with Crippen molar-refractivity contribution in [2.45, 2.75) is 18.8 Å². The highest BCUT2D eigenvalue weighted by Gasteiger charge is 2.43. The lowest BCUT2D eigenvalue weighted by molar-refractivity contribution is 0.0476. The highest BCUT2D eigenvalue weighted by molar-refractivity contribution is 7.00. The van der Waals surface area contributed by atoms with Gasteiger partial charge in [-0.05, 0) is 18.2 Å². The first-order valence-corrected chi connectivity index (χ1v) is 15.2. The number of aromatic nitrogens is 1. The second kappa shape index (κ2) is 10.6. The summed E-state index contributed by atoms with van der Waals surface area (Å²) < 4.78 is 5.26. The van der Waals surface area contributed by atoms with Crippen LogP contribution in [0.3, 0.4) is 0 Å². The van der Waals surface area contributed by atoms with Gasteiger partial charge in [-0.2, -0.15) is 0 Å². The molecule has 0 saturated heterocycles. The summed E-state index contributed by atoms with van der Waals surface area (Å²) in [6.07, 6.45) is 1.31. The van der Waals surface area contributed by atoms with Gasteiger partial charge in [0, 0.05) is 30.4 Å². The number of benzene rings is 3. The van der Waals surface area contributed by atoms with Crippen molar-refractivity contribution in [3.8, 4) is 5.75 Å². The Balaban J connectivity index is 1.75. The van der Waals surface area contributed by atoms with Gasteiger partial charge in [0.1, 0.15) is 13.8 Å². The van der Waals surface area contributed by atoms with E-state index >= 15 is 0 Å². The number of methoxy groups -OCH3 is 1. The third kappa shape index (κ3) is 4.96. The predicted octanol–water partition coefficient (Wildman–Crippen LogP) is 2.97. The van der Waals surface area contributed by atoms with Gasteiger partial charge >= 0.3 is 0 Å². The summed E-state index contributed by atoms with van der Waals surface area (Å²) in [6.45, 7) is 4.53. The highest BCUT2D eigenvalue weighted by Crippen LogP contribution is 2.29. The van der Waals surface area contributed by atoms with Crippen molar-refractivity contribution in [2.75, 3.05) is 14.2 Å². The summed E-state index contributed by atoms with van der Waals surface area (Å²) in [5, 5.41) is 2.46. The molecule has 194 valence electrons. The fourth-order valence-corrected chi connectivity index (χ4v) is 6.86. The first-order chi connectivity index (χ1) is 18.1. The van der Waals surface area contributed by atoms with E-state index in [1.807, 2.05) is 30.3 Å². The molecule has 0 spiro atoms. The predicted molar refractivity (Wildman–Crippen MR) is 152 cm³/mol. The molecule has 0 bridgehead atoms. The summed E-state index contributed by atoms with van der Waals surface area (Å²) in [4.78, 5) is 42.7. The fraction of sp³-hybridized carbons (Fsp3) is 0.167. The van der Waals surface area contributed by atoms with Crippen LogP contribution in [0.1, 0.15) is 26.3 Å². The molecule has 3 aromatic carbocycles. The molecule has 1 atom stereocenters. The smallest absolute Gasteiger partial charge is 0.257 e. The van der Waals surface area contributed by atoms with E-state index in [-0.39, 0.29) is 11.1 Å². The monoisotopic (exact) mass is 525 g/mol. The molecule has 1 unspecified atom stereocenters. The molecule has 8 heteroatoms. The third-order valence-electron chi connectivity index (χ3n) is 7.11. The SMILES string of the molecule is COc1ccc(C(N)(C(=O)c2ccc([Si](C)(C)c3ccccc3)cc2)N(C)C(=O)c2ccc(=O)[nH]c2)cc1. The number of carbonyl (C=O) groups excluding carboxylic acids is 2. The Bertz CT molecular complexity index is 1480. The Labute approximate surface area is 222 Å². The third-order valence-corrected chi connectivity index (χ3v) is 10.7. The Kier molecular flexibility index (Phi) is 7.48. The number of hydrogen-bond donors (Lipinski definition) is 2. The Morgan fingerprint density at radius 3 is 1.97 bits per heavy atom. The molecule has 4 aromatic rings. The van der Waals surface area contributed by atoms with Crippen LogP contribution >= 0.6 is 0 Å². The minimum absolute atomic E-state index is 0.203. The number of aromatic amines is 1. The van der Waals surface area contributed by atoms with E-state index in [0.717, 1.165) is 0 Å². The molecule has 0 aliphatic carbocycles. The number of amides is 1. The minimum atomic E-state index is -1.97. The number of rotatable bonds is 8. The van der Waals surface area contributed by atoms with Gasteiger partial charge in [-0.15, -0.1) is 0 Å². The van der Waals surface area contributed by atoms with Gasteiger partial charge in [0.2, 0.25) is 11.3 Å². The molecule has 0 fully saturated rings. The van der Waals surface area contributed by atoms with Crippen LogP contribution in [0.5, 0.6) is 5.75 Å². The zero-order valence-corrected chi connectivity index (χ0v) is 22.9. The zero-order valence-electron chi connectivity index (χ0n) is 21.9. The summed E-state index contributed by atoms with van der Waals surface area (Å²) in [7, 11) is 1.05. The summed E-state index contributed by atoms with van der Waals surface area (Å²) in [5.74, 6) is -0.355. The van der Waals surface area contributed by atoms with Crippen LogP contribution in [-0.4, -0.2) is 43.8 Å². The Morgan fingerprint density at radius 1 is 0.842 bits per heavy atom. The summed E-state index contributed by atoms with van der Waals surface area (Å²) in [6, 6.07) is 27.2. The average molecular weight is 526 g/mol. The number of ether oxygens (including phenoxy) is 1. The molecule has 0 radical (unpaired) electrons. The second-order valence-electron chi connectivity index (χ2n) is 9.70. The van der Waals surface area contributed by atoms with Crippen molar-refractivity contribution in [3.05, 3.63) is 124 Å². The van der Waals surface area contributed by atoms with E-state index in [4.69, 9.17) is 10.5 Å². The van der Waals surface area contributed by atoms with Crippen molar-refractivity contribution in [3.63, 3.8) is 0 Å². The average Bonchev–Trinajstić information content (AvgIpc) is 2.96. The van der Waals surface area contributed by atoms with Crippen molar-refractivity contribution >= 4 is 30.1 Å². The van der Waals surface area contributed by atoms with Crippen LogP contribution in [0.4, 0.5) is 0 Å². The molecule has 0 aliphatic heterocycles. The van der Waals surface area contributed by atoms with Gasteiger partial charge in [-0.25, -0.2) is 0 Å². The second-order valence-corrected chi connectivity index (χ2v) is 14.1. The molecular weight excluding hydrogens is 494 g/mol. The van der Waals surface area contributed by atoms with Gasteiger partial charge in [0.05, 0.1) is 12.7 Å². The fourth-order valence-electron chi connectivity index (χ4n) is 4.50. The topological polar surface area (TPSA) is 105 Å². The number of pyridine rings is 1. The number of nitrogens with two attached hydrogens (primary N) is 1. The maximum Gasteiger partial charge on any atom is 0.257 e. The van der Waals surface area contributed by atoms with Crippen LogP contribution in [0, 0.1) is 0 Å². The van der Waals surface area contributed by atoms with Crippen molar-refractivity contribution < 1.29 is 14.3 Å². The lowest BCUT2D eigenvalue weighted by Gasteiger charge is -2.38. The molecule has 0 saturated carbocycles. The highest BCUT2D eigenvalue weighted by atomic mass is 28.3. The molecular formula is C30H31N3O4Si. The van der Waals surface area contributed by atoms with E-state index in [1.54, 1.807) is 43.5 Å². The van der Waals surface area contributed by atoms with Gasteiger partial charge in [0.15, 0.2) is 5.66 Å². The van der Waals surface area contributed by atoms with Crippen LogP contribution < -0.4 is 26.4 Å². The van der Waals surface area contributed by atoms with Gasteiger partial charge in [-0.1, -0.05) is 90.2 Å². The van der Waals surface area contributed by atoms with Crippen LogP contribution in [0.2, 0.25) is 13.1 Å².